The molecule has 0 radical (unpaired) electrons. The van der Waals surface area contributed by atoms with E-state index in [4.69, 9.17) is 4.74 Å². The smallest absolute Gasteiger partial charge is 0.314 e. The third kappa shape index (κ3) is 6.30. The van der Waals surface area contributed by atoms with E-state index in [0.717, 1.165) is 19.0 Å². The van der Waals surface area contributed by atoms with Crippen LogP contribution in [0.3, 0.4) is 0 Å². The van der Waals surface area contributed by atoms with Crippen LogP contribution in [0.25, 0.3) is 0 Å². The van der Waals surface area contributed by atoms with Crippen molar-refractivity contribution in [2.45, 2.75) is 12.8 Å². The van der Waals surface area contributed by atoms with Crippen LogP contribution in [0.1, 0.15) is 12.8 Å². The maximum absolute atomic E-state index is 13.4. The van der Waals surface area contributed by atoms with Crippen molar-refractivity contribution in [3.63, 3.8) is 0 Å². The number of carbonyl (C=O) groups is 1. The number of hydrogen-bond donors (Lipinski definition) is 2. The summed E-state index contributed by atoms with van der Waals surface area (Å²) in [5, 5.41) is 5.60. The highest BCUT2D eigenvalue weighted by molar-refractivity contribution is 5.73. The first-order valence-corrected chi connectivity index (χ1v) is 9.61. The third-order valence-corrected chi connectivity index (χ3v) is 4.79. The molecule has 1 atom stereocenters. The lowest BCUT2D eigenvalue weighted by Crippen LogP contribution is -2.39. The van der Waals surface area contributed by atoms with E-state index in [1.807, 2.05) is 4.90 Å². The molecule has 156 valence electrons. The number of anilines is 1. The van der Waals surface area contributed by atoms with Crippen LogP contribution in [-0.4, -0.2) is 38.8 Å². The number of ether oxygens (including phenoxy) is 1. The topological polar surface area (TPSA) is 53.6 Å². The van der Waals surface area contributed by atoms with Crippen LogP contribution in [-0.2, 0) is 0 Å². The SMILES string of the molecule is O=C(NCCCOc1ccc(F)cc1)NCC1CCN(c2ccc(F)c(F)c2)C1. The van der Waals surface area contributed by atoms with Crippen LogP contribution in [0, 0.1) is 23.4 Å². The van der Waals surface area contributed by atoms with Crippen molar-refractivity contribution in [2.24, 2.45) is 5.92 Å². The van der Waals surface area contributed by atoms with Crippen LogP contribution in [0.2, 0.25) is 0 Å². The average Bonchev–Trinajstić information content (AvgIpc) is 3.19. The van der Waals surface area contributed by atoms with Crippen LogP contribution >= 0.6 is 0 Å². The zero-order valence-electron chi connectivity index (χ0n) is 16.0. The molecule has 2 aromatic carbocycles. The van der Waals surface area contributed by atoms with Crippen LogP contribution in [0.5, 0.6) is 5.75 Å². The Bertz CT molecular complexity index is 817. The molecule has 1 aliphatic rings. The van der Waals surface area contributed by atoms with E-state index in [2.05, 4.69) is 10.6 Å². The maximum atomic E-state index is 13.4. The molecule has 0 saturated carbocycles. The molecule has 8 heteroatoms. The van der Waals surface area contributed by atoms with E-state index in [-0.39, 0.29) is 17.8 Å². The summed E-state index contributed by atoms with van der Waals surface area (Å²) >= 11 is 0. The van der Waals surface area contributed by atoms with Crippen molar-refractivity contribution in [3.05, 3.63) is 59.9 Å². The predicted octanol–water partition coefficient (Wildman–Crippen LogP) is 3.70. The zero-order valence-corrected chi connectivity index (χ0v) is 16.0. The summed E-state index contributed by atoms with van der Waals surface area (Å²) in [4.78, 5) is 13.9. The fourth-order valence-electron chi connectivity index (χ4n) is 3.21. The molecule has 29 heavy (non-hydrogen) atoms. The van der Waals surface area contributed by atoms with Gasteiger partial charge in [0.1, 0.15) is 11.6 Å². The van der Waals surface area contributed by atoms with Gasteiger partial charge < -0.3 is 20.3 Å². The summed E-state index contributed by atoms with van der Waals surface area (Å²) in [5.74, 6) is -1.19. The Kier molecular flexibility index (Phi) is 7.21. The molecule has 5 nitrogen and oxygen atoms in total. The van der Waals surface area contributed by atoms with Gasteiger partial charge in [0.25, 0.3) is 0 Å². The van der Waals surface area contributed by atoms with E-state index < -0.39 is 11.6 Å². The first-order chi connectivity index (χ1) is 14.0. The number of nitrogens with one attached hydrogen (secondary N) is 2. The lowest BCUT2D eigenvalue weighted by atomic mass is 10.1. The Balaban J connectivity index is 1.28. The summed E-state index contributed by atoms with van der Waals surface area (Å²) in [6, 6.07) is 9.42. The van der Waals surface area contributed by atoms with E-state index in [9.17, 15) is 18.0 Å². The number of nitrogens with zero attached hydrogens (tertiary/aromatic N) is 1. The molecule has 1 fully saturated rings. The van der Waals surface area contributed by atoms with Crippen molar-refractivity contribution in [3.8, 4) is 5.75 Å². The van der Waals surface area contributed by atoms with E-state index in [1.54, 1.807) is 18.2 Å². The first-order valence-electron chi connectivity index (χ1n) is 9.61. The highest BCUT2D eigenvalue weighted by Crippen LogP contribution is 2.25. The molecular weight excluding hydrogens is 383 g/mol. The molecule has 3 rings (SSSR count). The van der Waals surface area contributed by atoms with Crippen molar-refractivity contribution in [1.29, 1.82) is 0 Å². The number of benzene rings is 2. The molecule has 1 unspecified atom stereocenters. The van der Waals surface area contributed by atoms with Gasteiger partial charge >= 0.3 is 6.03 Å². The number of amides is 2. The van der Waals surface area contributed by atoms with Crippen LogP contribution < -0.4 is 20.3 Å². The van der Waals surface area contributed by atoms with E-state index >= 15 is 0 Å². The first kappa shape index (κ1) is 20.8. The largest absolute Gasteiger partial charge is 0.494 e. The maximum Gasteiger partial charge on any atom is 0.314 e. The lowest BCUT2D eigenvalue weighted by Gasteiger charge is -2.19. The van der Waals surface area contributed by atoms with Gasteiger partial charge in [-0.1, -0.05) is 0 Å². The highest BCUT2D eigenvalue weighted by atomic mass is 19.2. The highest BCUT2D eigenvalue weighted by Gasteiger charge is 2.23. The average molecular weight is 407 g/mol. The van der Waals surface area contributed by atoms with Gasteiger partial charge in [0, 0.05) is 37.9 Å². The number of halogens is 3. The van der Waals surface area contributed by atoms with Gasteiger partial charge in [0.05, 0.1) is 6.61 Å². The summed E-state index contributed by atoms with van der Waals surface area (Å²) < 4.78 is 44.7. The van der Waals surface area contributed by atoms with Gasteiger partial charge in [-0.3, -0.25) is 0 Å². The fourth-order valence-corrected chi connectivity index (χ4v) is 3.21. The number of hydrogen-bond acceptors (Lipinski definition) is 3. The second kappa shape index (κ2) is 10.0. The Hall–Kier alpha value is -2.90. The number of rotatable bonds is 8. The minimum atomic E-state index is -0.856. The molecular formula is C21H24F3N3O2. The van der Waals surface area contributed by atoms with E-state index in [1.165, 1.54) is 18.2 Å². The van der Waals surface area contributed by atoms with Gasteiger partial charge in [-0.2, -0.15) is 0 Å². The number of urea groups is 1. The standard InChI is InChI=1S/C21H24F3N3O2/c22-16-2-5-18(6-3-16)29-11-1-9-25-21(28)26-13-15-8-10-27(14-15)17-4-7-19(23)20(24)12-17/h2-7,12,15H,1,8-11,13-14H2,(H2,25,26,28). The predicted molar refractivity (Wildman–Crippen MR) is 105 cm³/mol. The lowest BCUT2D eigenvalue weighted by molar-refractivity contribution is 0.237. The minimum Gasteiger partial charge on any atom is -0.494 e. The number of carbonyl (C=O) groups excluding carboxylic acids is 1. The van der Waals surface area contributed by atoms with Gasteiger partial charge in [-0.15, -0.1) is 0 Å². The molecule has 0 aromatic heterocycles. The van der Waals surface area contributed by atoms with Crippen molar-refractivity contribution in [1.82, 2.24) is 10.6 Å². The molecule has 2 aromatic rings. The Labute approximate surface area is 167 Å². The van der Waals surface area contributed by atoms with Crippen molar-refractivity contribution >= 4 is 11.7 Å². The fraction of sp³-hybridized carbons (Fsp3) is 0.381. The molecule has 1 saturated heterocycles. The molecule has 2 amide bonds. The van der Waals surface area contributed by atoms with E-state index in [0.29, 0.717) is 44.1 Å². The second-order valence-electron chi connectivity index (χ2n) is 6.99. The Morgan fingerprint density at radius 3 is 2.62 bits per heavy atom. The molecule has 1 aliphatic heterocycles. The normalized spacial score (nSPS) is 16.0. The molecule has 2 N–H and O–H groups in total. The minimum absolute atomic E-state index is 0.246. The van der Waals surface area contributed by atoms with Gasteiger partial charge in [0.2, 0.25) is 0 Å². The summed E-state index contributed by atoms with van der Waals surface area (Å²) in [7, 11) is 0. The van der Waals surface area contributed by atoms with Crippen molar-refractivity contribution in [2.75, 3.05) is 37.7 Å². The van der Waals surface area contributed by atoms with Crippen LogP contribution in [0.15, 0.2) is 42.5 Å². The zero-order chi connectivity index (χ0) is 20.6. The second-order valence-corrected chi connectivity index (χ2v) is 6.99. The monoisotopic (exact) mass is 407 g/mol. The Morgan fingerprint density at radius 2 is 1.86 bits per heavy atom. The summed E-state index contributed by atoms with van der Waals surface area (Å²) in [5.41, 5.74) is 0.650. The molecule has 0 spiro atoms. The quantitative estimate of drug-likeness (QED) is 0.656. The molecule has 0 aliphatic carbocycles. The Morgan fingerprint density at radius 1 is 1.07 bits per heavy atom. The van der Waals surface area contributed by atoms with Gasteiger partial charge in [0.15, 0.2) is 11.6 Å². The van der Waals surface area contributed by atoms with Crippen molar-refractivity contribution < 1.29 is 22.7 Å². The molecule has 1 heterocycles. The summed E-state index contributed by atoms with van der Waals surface area (Å²) in [6.07, 6.45) is 1.49. The van der Waals surface area contributed by atoms with Crippen LogP contribution in [0.4, 0.5) is 23.7 Å². The summed E-state index contributed by atoms with van der Waals surface area (Å²) in [6.45, 7) is 2.80. The van der Waals surface area contributed by atoms with Gasteiger partial charge in [-0.25, -0.2) is 18.0 Å². The molecule has 0 bridgehead atoms. The van der Waals surface area contributed by atoms with Gasteiger partial charge in [-0.05, 0) is 55.2 Å². The third-order valence-electron chi connectivity index (χ3n) is 4.79.